The van der Waals surface area contributed by atoms with Crippen molar-refractivity contribution in [2.75, 3.05) is 39.8 Å². The van der Waals surface area contributed by atoms with Crippen LogP contribution >= 0.6 is 0 Å². The Morgan fingerprint density at radius 3 is 2.92 bits per heavy atom. The highest BCUT2D eigenvalue weighted by atomic mass is 19.1. The predicted molar refractivity (Wildman–Crippen MR) is 94.2 cm³/mol. The molecule has 0 unspecified atom stereocenters. The topological polar surface area (TPSA) is 36.0 Å². The van der Waals surface area contributed by atoms with Gasteiger partial charge in [0.2, 0.25) is 5.91 Å². The van der Waals surface area contributed by atoms with Crippen molar-refractivity contribution in [1.29, 1.82) is 0 Å². The van der Waals surface area contributed by atoms with Crippen LogP contribution in [0.5, 0.6) is 0 Å². The van der Waals surface area contributed by atoms with Gasteiger partial charge >= 0.3 is 0 Å². The SMILES string of the molecule is CN(C(=O)CCN1CCCO1)[C@H]1CCCN(Cc2ccccc2F)C1. The van der Waals surface area contributed by atoms with Gasteiger partial charge in [0.1, 0.15) is 5.82 Å². The first-order valence-electron chi connectivity index (χ1n) is 9.23. The summed E-state index contributed by atoms with van der Waals surface area (Å²) in [4.78, 5) is 22.1. The molecule has 2 aliphatic heterocycles. The zero-order chi connectivity index (χ0) is 17.6. The van der Waals surface area contributed by atoms with Crippen LogP contribution in [0.4, 0.5) is 4.39 Å². The maximum atomic E-state index is 13.9. The first-order chi connectivity index (χ1) is 12.1. The Morgan fingerprint density at radius 2 is 2.16 bits per heavy atom. The molecule has 138 valence electrons. The monoisotopic (exact) mass is 349 g/mol. The molecular weight excluding hydrogens is 321 g/mol. The molecule has 1 amide bonds. The third-order valence-electron chi connectivity index (χ3n) is 5.17. The molecular formula is C19H28FN3O2. The Morgan fingerprint density at radius 1 is 1.32 bits per heavy atom. The quantitative estimate of drug-likeness (QED) is 0.789. The number of nitrogens with zero attached hydrogens (tertiary/aromatic N) is 3. The van der Waals surface area contributed by atoms with Gasteiger partial charge in [-0.2, -0.15) is 5.06 Å². The van der Waals surface area contributed by atoms with Crippen LogP contribution < -0.4 is 0 Å². The number of benzene rings is 1. The van der Waals surface area contributed by atoms with Crippen molar-refractivity contribution in [3.05, 3.63) is 35.6 Å². The third-order valence-corrected chi connectivity index (χ3v) is 5.17. The molecule has 0 N–H and O–H groups in total. The van der Waals surface area contributed by atoms with E-state index >= 15 is 0 Å². The minimum atomic E-state index is -0.153. The molecule has 0 saturated carbocycles. The fourth-order valence-electron chi connectivity index (χ4n) is 3.63. The van der Waals surface area contributed by atoms with E-state index in [4.69, 9.17) is 4.84 Å². The van der Waals surface area contributed by atoms with Gasteiger partial charge in [-0.3, -0.25) is 14.5 Å². The Bertz CT molecular complexity index is 578. The Hall–Kier alpha value is -1.50. The third kappa shape index (κ3) is 5.00. The van der Waals surface area contributed by atoms with E-state index in [2.05, 4.69) is 4.90 Å². The number of hydrogen-bond acceptors (Lipinski definition) is 4. The number of likely N-dealkylation sites (tertiary alicyclic amines) is 1. The molecule has 5 nitrogen and oxygen atoms in total. The number of likely N-dealkylation sites (N-methyl/N-ethyl adjacent to an activating group) is 1. The lowest BCUT2D eigenvalue weighted by molar-refractivity contribution is -0.140. The van der Waals surface area contributed by atoms with Gasteiger partial charge < -0.3 is 4.90 Å². The summed E-state index contributed by atoms with van der Waals surface area (Å²) in [5.74, 6) is 0.00732. The van der Waals surface area contributed by atoms with Crippen molar-refractivity contribution >= 4 is 5.91 Å². The molecule has 1 aromatic rings. The Labute approximate surface area is 149 Å². The van der Waals surface area contributed by atoms with Gasteiger partial charge in [-0.15, -0.1) is 0 Å². The van der Waals surface area contributed by atoms with Gasteiger partial charge in [0, 0.05) is 51.3 Å². The summed E-state index contributed by atoms with van der Waals surface area (Å²) < 4.78 is 13.9. The van der Waals surface area contributed by atoms with Crippen molar-refractivity contribution in [2.24, 2.45) is 0 Å². The first kappa shape index (κ1) is 18.3. The van der Waals surface area contributed by atoms with E-state index in [1.165, 1.54) is 6.07 Å². The van der Waals surface area contributed by atoms with Crippen LogP contribution in [-0.2, 0) is 16.2 Å². The van der Waals surface area contributed by atoms with Crippen LogP contribution in [0.15, 0.2) is 24.3 Å². The normalized spacial score (nSPS) is 22.2. The smallest absolute Gasteiger partial charge is 0.223 e. The van der Waals surface area contributed by atoms with Crippen molar-refractivity contribution in [1.82, 2.24) is 14.9 Å². The maximum absolute atomic E-state index is 13.9. The molecule has 0 radical (unpaired) electrons. The summed E-state index contributed by atoms with van der Waals surface area (Å²) in [6, 6.07) is 7.13. The summed E-state index contributed by atoms with van der Waals surface area (Å²) in [6.07, 6.45) is 3.57. The molecule has 0 aliphatic carbocycles. The lowest BCUT2D eigenvalue weighted by Crippen LogP contribution is -2.48. The zero-order valence-electron chi connectivity index (χ0n) is 15.0. The molecule has 2 heterocycles. The van der Waals surface area contributed by atoms with Crippen LogP contribution in [0.1, 0.15) is 31.2 Å². The summed E-state index contributed by atoms with van der Waals surface area (Å²) in [5, 5.41) is 1.89. The van der Waals surface area contributed by atoms with E-state index in [0.29, 0.717) is 19.5 Å². The van der Waals surface area contributed by atoms with E-state index in [1.807, 2.05) is 29.1 Å². The van der Waals surface area contributed by atoms with Gasteiger partial charge in [0.05, 0.1) is 6.61 Å². The largest absolute Gasteiger partial charge is 0.341 e. The molecule has 2 saturated heterocycles. The van der Waals surface area contributed by atoms with E-state index in [0.717, 1.165) is 51.1 Å². The van der Waals surface area contributed by atoms with Crippen LogP contribution in [0.3, 0.4) is 0 Å². The number of hydroxylamine groups is 2. The minimum absolute atomic E-state index is 0.153. The van der Waals surface area contributed by atoms with Crippen molar-refractivity contribution in [3.63, 3.8) is 0 Å². The van der Waals surface area contributed by atoms with Gasteiger partial charge in [0.25, 0.3) is 0 Å². The molecule has 6 heteroatoms. The van der Waals surface area contributed by atoms with Crippen LogP contribution in [0.25, 0.3) is 0 Å². The maximum Gasteiger partial charge on any atom is 0.223 e. The number of amides is 1. The molecule has 2 fully saturated rings. The lowest BCUT2D eigenvalue weighted by Gasteiger charge is -2.38. The number of piperidine rings is 1. The number of carbonyl (C=O) groups is 1. The van der Waals surface area contributed by atoms with Gasteiger partial charge in [-0.25, -0.2) is 4.39 Å². The molecule has 2 aliphatic rings. The number of carbonyl (C=O) groups excluding carboxylic acids is 1. The lowest BCUT2D eigenvalue weighted by atomic mass is 10.0. The van der Waals surface area contributed by atoms with Gasteiger partial charge in [0.15, 0.2) is 0 Å². The van der Waals surface area contributed by atoms with E-state index in [9.17, 15) is 9.18 Å². The summed E-state index contributed by atoms with van der Waals surface area (Å²) in [7, 11) is 1.89. The number of hydrogen-bond donors (Lipinski definition) is 0. The minimum Gasteiger partial charge on any atom is -0.341 e. The molecule has 25 heavy (non-hydrogen) atoms. The van der Waals surface area contributed by atoms with Gasteiger partial charge in [-0.05, 0) is 31.9 Å². The van der Waals surface area contributed by atoms with E-state index in [1.54, 1.807) is 6.07 Å². The Kier molecular flexibility index (Phi) is 6.39. The highest BCUT2D eigenvalue weighted by molar-refractivity contribution is 5.76. The predicted octanol–water partition coefficient (Wildman–Crippen LogP) is 2.28. The second-order valence-electron chi connectivity index (χ2n) is 6.99. The summed E-state index contributed by atoms with van der Waals surface area (Å²) >= 11 is 0. The highest BCUT2D eigenvalue weighted by Gasteiger charge is 2.27. The average molecular weight is 349 g/mol. The average Bonchev–Trinajstić information content (AvgIpc) is 3.15. The molecule has 3 rings (SSSR count). The van der Waals surface area contributed by atoms with Crippen molar-refractivity contribution < 1.29 is 14.0 Å². The van der Waals surface area contributed by atoms with E-state index < -0.39 is 0 Å². The van der Waals surface area contributed by atoms with Crippen LogP contribution in [0, 0.1) is 5.82 Å². The van der Waals surface area contributed by atoms with Crippen LogP contribution in [0.2, 0.25) is 0 Å². The van der Waals surface area contributed by atoms with Crippen molar-refractivity contribution in [3.8, 4) is 0 Å². The Balaban J connectivity index is 1.49. The molecule has 1 aromatic carbocycles. The first-order valence-corrected chi connectivity index (χ1v) is 9.23. The second kappa shape index (κ2) is 8.74. The molecule has 1 atom stereocenters. The fraction of sp³-hybridized carbons (Fsp3) is 0.632. The highest BCUT2D eigenvalue weighted by Crippen LogP contribution is 2.19. The molecule has 0 bridgehead atoms. The van der Waals surface area contributed by atoms with Gasteiger partial charge in [-0.1, -0.05) is 18.2 Å². The molecule has 0 spiro atoms. The fourth-order valence-corrected chi connectivity index (χ4v) is 3.63. The molecule has 0 aromatic heterocycles. The number of halogens is 1. The second-order valence-corrected chi connectivity index (χ2v) is 6.99. The summed E-state index contributed by atoms with van der Waals surface area (Å²) in [6.45, 7) is 4.70. The summed E-state index contributed by atoms with van der Waals surface area (Å²) in [5.41, 5.74) is 0.725. The zero-order valence-corrected chi connectivity index (χ0v) is 15.0. The van der Waals surface area contributed by atoms with Crippen LogP contribution in [-0.4, -0.2) is 66.6 Å². The standard InChI is InChI=1S/C19H28FN3O2/c1-21(19(24)9-12-23-11-5-13-25-23)17-7-4-10-22(15-17)14-16-6-2-3-8-18(16)20/h2-3,6,8,17H,4-5,7,9-15H2,1H3/t17-/m0/s1. The number of rotatable bonds is 6. The van der Waals surface area contributed by atoms with Crippen molar-refractivity contribution in [2.45, 2.75) is 38.3 Å². The van der Waals surface area contributed by atoms with E-state index in [-0.39, 0.29) is 17.8 Å².